The molecule has 0 bridgehead atoms. The van der Waals surface area contributed by atoms with Crippen LogP contribution in [0.2, 0.25) is 0 Å². The zero-order valence-electron chi connectivity index (χ0n) is 8.48. The van der Waals surface area contributed by atoms with Gasteiger partial charge in [-0.05, 0) is 12.1 Å². The van der Waals surface area contributed by atoms with E-state index in [2.05, 4.69) is 5.10 Å². The average molecular weight is 239 g/mol. The van der Waals surface area contributed by atoms with Crippen molar-refractivity contribution in [3.05, 3.63) is 35.4 Å². The number of urea groups is 1. The second-order valence-electron chi connectivity index (χ2n) is 3.32. The fourth-order valence-electron chi connectivity index (χ4n) is 1.26. The molecule has 1 N–H and O–H groups in total. The summed E-state index contributed by atoms with van der Waals surface area (Å²) in [7, 11) is 0. The molecule has 0 radical (unpaired) electrons. The van der Waals surface area contributed by atoms with Crippen LogP contribution in [-0.2, 0) is 4.79 Å². The van der Waals surface area contributed by atoms with E-state index in [1.54, 1.807) is 0 Å². The van der Waals surface area contributed by atoms with Gasteiger partial charge < -0.3 is 0 Å². The van der Waals surface area contributed by atoms with Gasteiger partial charge >= 0.3 is 6.03 Å². The summed E-state index contributed by atoms with van der Waals surface area (Å²) in [5.41, 5.74) is 0.0264. The van der Waals surface area contributed by atoms with Gasteiger partial charge in [-0.15, -0.1) is 0 Å². The number of nitrogens with zero attached hydrogens (tertiary/aromatic N) is 2. The van der Waals surface area contributed by atoms with Gasteiger partial charge in [-0.2, -0.15) is 5.10 Å². The Morgan fingerprint density at radius 1 is 1.35 bits per heavy atom. The van der Waals surface area contributed by atoms with Crippen LogP contribution in [0, 0.1) is 11.6 Å². The molecule has 1 aromatic carbocycles. The Kier molecular flexibility index (Phi) is 2.82. The third-order valence-corrected chi connectivity index (χ3v) is 2.07. The van der Waals surface area contributed by atoms with Crippen LogP contribution in [0.15, 0.2) is 23.3 Å². The van der Waals surface area contributed by atoms with Crippen molar-refractivity contribution in [2.75, 3.05) is 6.54 Å². The standard InChI is InChI=1S/C10H7F2N3O2/c11-7-2-1-6(8(12)3-7)4-13-15-5-9(16)14-10(15)17/h1-4H,5H2,(H,14,16,17)/b13-4-. The fraction of sp³-hybridized carbons (Fsp3) is 0.100. The number of rotatable bonds is 2. The molecule has 0 aromatic heterocycles. The Morgan fingerprint density at radius 3 is 2.71 bits per heavy atom. The number of imide groups is 1. The monoisotopic (exact) mass is 239 g/mol. The lowest BCUT2D eigenvalue weighted by Crippen LogP contribution is -2.24. The molecule has 7 heteroatoms. The topological polar surface area (TPSA) is 61.8 Å². The van der Waals surface area contributed by atoms with E-state index in [0.717, 1.165) is 17.3 Å². The first kappa shape index (κ1) is 11.2. The highest BCUT2D eigenvalue weighted by molar-refractivity contribution is 6.02. The SMILES string of the molecule is O=C1CN(/N=C\c2ccc(F)cc2F)C(=O)N1. The zero-order chi connectivity index (χ0) is 12.4. The van der Waals surface area contributed by atoms with E-state index < -0.39 is 23.6 Å². The van der Waals surface area contributed by atoms with E-state index in [1.807, 2.05) is 5.32 Å². The highest BCUT2D eigenvalue weighted by Gasteiger charge is 2.25. The van der Waals surface area contributed by atoms with Gasteiger partial charge in [0.15, 0.2) is 0 Å². The molecule has 0 spiro atoms. The molecule has 88 valence electrons. The van der Waals surface area contributed by atoms with Gasteiger partial charge in [0.2, 0.25) is 5.91 Å². The quantitative estimate of drug-likeness (QED) is 0.614. The maximum Gasteiger partial charge on any atom is 0.344 e. The maximum atomic E-state index is 13.2. The number of halogens is 2. The molecule has 1 aromatic rings. The summed E-state index contributed by atoms with van der Waals surface area (Å²) < 4.78 is 25.8. The number of hydrogen-bond donors (Lipinski definition) is 1. The molecule has 17 heavy (non-hydrogen) atoms. The van der Waals surface area contributed by atoms with Crippen molar-refractivity contribution in [2.45, 2.75) is 0 Å². The molecule has 1 aliphatic rings. The number of carbonyl (C=O) groups excluding carboxylic acids is 2. The molecule has 0 atom stereocenters. The Morgan fingerprint density at radius 2 is 2.12 bits per heavy atom. The lowest BCUT2D eigenvalue weighted by molar-refractivity contribution is -0.118. The first-order valence-electron chi connectivity index (χ1n) is 4.66. The fourth-order valence-corrected chi connectivity index (χ4v) is 1.26. The summed E-state index contributed by atoms with van der Waals surface area (Å²) >= 11 is 0. The predicted octanol–water partition coefficient (Wildman–Crippen LogP) is 0.851. The molecule has 1 aliphatic heterocycles. The molecule has 0 unspecified atom stereocenters. The smallest absolute Gasteiger partial charge is 0.275 e. The van der Waals surface area contributed by atoms with Crippen molar-refractivity contribution in [1.29, 1.82) is 0 Å². The molecular formula is C10H7F2N3O2. The Hall–Kier alpha value is -2.31. The van der Waals surface area contributed by atoms with Gasteiger partial charge in [0.05, 0.1) is 6.21 Å². The third kappa shape index (κ3) is 2.44. The highest BCUT2D eigenvalue weighted by Crippen LogP contribution is 2.08. The largest absolute Gasteiger partial charge is 0.344 e. The Labute approximate surface area is 94.7 Å². The van der Waals surface area contributed by atoms with Gasteiger partial charge in [0.25, 0.3) is 0 Å². The van der Waals surface area contributed by atoms with Gasteiger partial charge in [-0.3, -0.25) is 10.1 Å². The lowest BCUT2D eigenvalue weighted by Gasteiger charge is -2.04. The molecule has 1 fully saturated rings. The summed E-state index contributed by atoms with van der Waals surface area (Å²) in [6.45, 7) is -0.210. The van der Waals surface area contributed by atoms with Crippen molar-refractivity contribution in [2.24, 2.45) is 5.10 Å². The van der Waals surface area contributed by atoms with E-state index in [-0.39, 0.29) is 12.1 Å². The van der Waals surface area contributed by atoms with E-state index in [4.69, 9.17) is 0 Å². The number of hydrogen-bond acceptors (Lipinski definition) is 3. The molecular weight excluding hydrogens is 232 g/mol. The zero-order valence-corrected chi connectivity index (χ0v) is 8.48. The van der Waals surface area contributed by atoms with Gasteiger partial charge in [0.1, 0.15) is 18.2 Å². The summed E-state index contributed by atoms with van der Waals surface area (Å²) in [6.07, 6.45) is 1.05. The van der Waals surface area contributed by atoms with Crippen LogP contribution in [0.4, 0.5) is 13.6 Å². The molecule has 1 heterocycles. The third-order valence-electron chi connectivity index (χ3n) is 2.07. The van der Waals surface area contributed by atoms with Gasteiger partial charge in [-0.1, -0.05) is 0 Å². The maximum absolute atomic E-state index is 13.2. The molecule has 0 saturated carbocycles. The van der Waals surface area contributed by atoms with Crippen molar-refractivity contribution in [3.8, 4) is 0 Å². The molecule has 2 rings (SSSR count). The number of benzene rings is 1. The first-order valence-corrected chi connectivity index (χ1v) is 4.66. The number of carbonyl (C=O) groups is 2. The second kappa shape index (κ2) is 4.28. The van der Waals surface area contributed by atoms with Crippen molar-refractivity contribution >= 4 is 18.2 Å². The Bertz CT molecular complexity index is 516. The highest BCUT2D eigenvalue weighted by atomic mass is 19.1. The molecule has 0 aliphatic carbocycles. The summed E-state index contributed by atoms with van der Waals surface area (Å²) in [5, 5.41) is 6.49. The van der Waals surface area contributed by atoms with Crippen LogP contribution in [0.5, 0.6) is 0 Å². The van der Waals surface area contributed by atoms with E-state index in [0.29, 0.717) is 6.07 Å². The van der Waals surface area contributed by atoms with Crippen LogP contribution in [-0.4, -0.2) is 29.7 Å². The van der Waals surface area contributed by atoms with Crippen LogP contribution in [0.1, 0.15) is 5.56 Å². The van der Waals surface area contributed by atoms with Crippen LogP contribution in [0.25, 0.3) is 0 Å². The normalized spacial score (nSPS) is 15.8. The minimum absolute atomic E-state index is 0.0264. The van der Waals surface area contributed by atoms with E-state index in [1.165, 1.54) is 6.07 Å². The van der Waals surface area contributed by atoms with Gasteiger partial charge in [0, 0.05) is 11.6 Å². The lowest BCUT2D eigenvalue weighted by atomic mass is 10.2. The number of amides is 3. The molecule has 1 saturated heterocycles. The minimum Gasteiger partial charge on any atom is -0.275 e. The number of hydrazone groups is 1. The predicted molar refractivity (Wildman–Crippen MR) is 54.2 cm³/mol. The summed E-state index contributed by atoms with van der Waals surface area (Å²) in [4.78, 5) is 21.9. The van der Waals surface area contributed by atoms with Crippen LogP contribution < -0.4 is 5.32 Å². The Balaban J connectivity index is 2.15. The number of nitrogens with one attached hydrogen (secondary N) is 1. The summed E-state index contributed by atoms with van der Waals surface area (Å²) in [6, 6.07) is 2.29. The average Bonchev–Trinajstić information content (AvgIpc) is 2.56. The van der Waals surface area contributed by atoms with Crippen molar-refractivity contribution < 1.29 is 18.4 Å². The van der Waals surface area contributed by atoms with Crippen molar-refractivity contribution in [1.82, 2.24) is 10.3 Å². The van der Waals surface area contributed by atoms with Crippen LogP contribution >= 0.6 is 0 Å². The molecule has 5 nitrogen and oxygen atoms in total. The van der Waals surface area contributed by atoms with Gasteiger partial charge in [-0.25, -0.2) is 18.6 Å². The van der Waals surface area contributed by atoms with E-state index >= 15 is 0 Å². The van der Waals surface area contributed by atoms with Crippen molar-refractivity contribution in [3.63, 3.8) is 0 Å². The van der Waals surface area contributed by atoms with Crippen LogP contribution in [0.3, 0.4) is 0 Å². The van der Waals surface area contributed by atoms with E-state index in [9.17, 15) is 18.4 Å². The minimum atomic E-state index is -0.792. The second-order valence-corrected chi connectivity index (χ2v) is 3.32. The summed E-state index contributed by atoms with van der Waals surface area (Å²) in [5.74, 6) is -1.97. The first-order chi connectivity index (χ1) is 8.06. The molecule has 3 amide bonds.